The first-order chi connectivity index (χ1) is 8.83. The van der Waals surface area contributed by atoms with Crippen molar-refractivity contribution in [1.29, 1.82) is 0 Å². The third-order valence-corrected chi connectivity index (χ3v) is 3.60. The summed E-state index contributed by atoms with van der Waals surface area (Å²) >= 11 is 5.94. The van der Waals surface area contributed by atoms with Crippen molar-refractivity contribution in [2.24, 2.45) is 10.9 Å². The molecule has 1 aromatic rings. The Morgan fingerprint density at radius 1 is 1.53 bits per heavy atom. The quantitative estimate of drug-likeness (QED) is 0.271. The molecule has 3 N–H and O–H groups in total. The summed E-state index contributed by atoms with van der Waals surface area (Å²) in [5.74, 6) is 0.477. The van der Waals surface area contributed by atoms with E-state index in [9.17, 15) is 8.42 Å². The van der Waals surface area contributed by atoms with Crippen LogP contribution in [0.5, 0.6) is 5.75 Å². The summed E-state index contributed by atoms with van der Waals surface area (Å²) in [5, 5.41) is 11.7. The van der Waals surface area contributed by atoms with Crippen LogP contribution in [0.1, 0.15) is 12.0 Å². The van der Waals surface area contributed by atoms with Crippen molar-refractivity contribution in [3.05, 3.63) is 28.8 Å². The zero-order valence-corrected chi connectivity index (χ0v) is 11.9. The Bertz CT molecular complexity index is 572. The van der Waals surface area contributed by atoms with Crippen LogP contribution >= 0.6 is 11.6 Å². The Balaban J connectivity index is 2.60. The van der Waals surface area contributed by atoms with Crippen LogP contribution in [0, 0.1) is 0 Å². The lowest BCUT2D eigenvalue weighted by molar-refractivity contribution is 0.317. The first kappa shape index (κ1) is 15.6. The first-order valence-corrected chi connectivity index (χ1v) is 7.85. The highest BCUT2D eigenvalue weighted by Crippen LogP contribution is 2.22. The Morgan fingerprint density at radius 3 is 2.74 bits per heavy atom. The maximum absolute atomic E-state index is 10.9. The topological polar surface area (TPSA) is 102 Å². The smallest absolute Gasteiger partial charge is 0.171 e. The summed E-state index contributed by atoms with van der Waals surface area (Å²) in [5.41, 5.74) is 5.82. The maximum atomic E-state index is 10.9. The van der Waals surface area contributed by atoms with E-state index in [1.54, 1.807) is 12.1 Å². The molecule has 0 fully saturated rings. The van der Waals surface area contributed by atoms with Gasteiger partial charge in [-0.1, -0.05) is 16.8 Å². The highest BCUT2D eigenvalue weighted by Gasteiger charge is 2.07. The van der Waals surface area contributed by atoms with Crippen LogP contribution < -0.4 is 10.5 Å². The molecule has 19 heavy (non-hydrogen) atoms. The first-order valence-electron chi connectivity index (χ1n) is 5.41. The van der Waals surface area contributed by atoms with Crippen LogP contribution in [-0.4, -0.2) is 38.1 Å². The minimum Gasteiger partial charge on any atom is -0.494 e. The molecular formula is C11H15ClN2O4S. The molecule has 0 aliphatic rings. The number of sulfone groups is 1. The van der Waals surface area contributed by atoms with Gasteiger partial charge < -0.3 is 15.7 Å². The van der Waals surface area contributed by atoms with E-state index in [0.717, 1.165) is 0 Å². The van der Waals surface area contributed by atoms with Gasteiger partial charge in [-0.3, -0.25) is 0 Å². The van der Waals surface area contributed by atoms with Crippen LogP contribution in [0.15, 0.2) is 23.4 Å². The lowest BCUT2D eigenvalue weighted by atomic mass is 10.2. The number of nitrogens with zero attached hydrogens (tertiary/aromatic N) is 1. The highest BCUT2D eigenvalue weighted by atomic mass is 35.5. The zero-order chi connectivity index (χ0) is 14.5. The number of halogens is 1. The van der Waals surface area contributed by atoms with Gasteiger partial charge >= 0.3 is 0 Å². The monoisotopic (exact) mass is 306 g/mol. The van der Waals surface area contributed by atoms with Gasteiger partial charge in [0.1, 0.15) is 15.6 Å². The normalized spacial score (nSPS) is 12.4. The van der Waals surface area contributed by atoms with Crippen LogP contribution in [0.2, 0.25) is 5.02 Å². The second-order valence-electron chi connectivity index (χ2n) is 3.96. The van der Waals surface area contributed by atoms with Crippen molar-refractivity contribution >= 4 is 27.3 Å². The molecule has 0 aromatic heterocycles. The van der Waals surface area contributed by atoms with E-state index in [0.29, 0.717) is 17.7 Å². The van der Waals surface area contributed by atoms with Crippen molar-refractivity contribution in [1.82, 2.24) is 0 Å². The van der Waals surface area contributed by atoms with E-state index in [1.165, 1.54) is 12.3 Å². The van der Waals surface area contributed by atoms with E-state index in [2.05, 4.69) is 5.16 Å². The van der Waals surface area contributed by atoms with Crippen molar-refractivity contribution in [2.45, 2.75) is 6.42 Å². The maximum Gasteiger partial charge on any atom is 0.171 e. The molecule has 0 aliphatic heterocycles. The number of rotatable bonds is 6. The molecule has 0 atom stereocenters. The number of amidine groups is 1. The zero-order valence-electron chi connectivity index (χ0n) is 10.3. The number of ether oxygens (including phenoxy) is 1. The average Bonchev–Trinajstić information content (AvgIpc) is 2.33. The predicted octanol–water partition coefficient (Wildman–Crippen LogP) is 1.25. The second-order valence-corrected chi connectivity index (χ2v) is 6.63. The number of hydrogen-bond donors (Lipinski definition) is 2. The average molecular weight is 307 g/mol. The van der Waals surface area contributed by atoms with E-state index < -0.39 is 9.84 Å². The van der Waals surface area contributed by atoms with Gasteiger partial charge in [-0.05, 0) is 24.6 Å². The third-order valence-electron chi connectivity index (χ3n) is 2.25. The molecule has 8 heteroatoms. The van der Waals surface area contributed by atoms with Gasteiger partial charge in [0, 0.05) is 11.8 Å². The van der Waals surface area contributed by atoms with Gasteiger partial charge in [0.25, 0.3) is 0 Å². The molecule has 1 rings (SSSR count). The summed E-state index contributed by atoms with van der Waals surface area (Å²) in [6.07, 6.45) is 1.58. The molecule has 0 amide bonds. The molecule has 0 unspecified atom stereocenters. The molecule has 106 valence electrons. The summed E-state index contributed by atoms with van der Waals surface area (Å²) in [4.78, 5) is 0. The van der Waals surface area contributed by atoms with Gasteiger partial charge in [-0.15, -0.1) is 0 Å². The molecule has 1 aromatic carbocycles. The minimum absolute atomic E-state index is 0.0724. The SMILES string of the molecule is CS(=O)(=O)CCCOc1ccc(/C(N)=N/O)c(Cl)c1. The number of benzene rings is 1. The molecule has 0 radical (unpaired) electrons. The summed E-state index contributed by atoms with van der Waals surface area (Å²) in [7, 11) is -2.97. The standard InChI is InChI=1S/C11H15ClN2O4S/c1-19(16,17)6-2-5-18-8-3-4-9(10(12)7-8)11(13)14-15/h3-4,7,15H,2,5-6H2,1H3,(H2,13,14). The van der Waals surface area contributed by atoms with Gasteiger partial charge in [0.05, 0.1) is 17.4 Å². The fraction of sp³-hybridized carbons (Fsp3) is 0.364. The number of nitrogens with two attached hydrogens (primary N) is 1. The molecule has 0 saturated heterocycles. The van der Waals surface area contributed by atoms with Crippen molar-refractivity contribution in [3.63, 3.8) is 0 Å². The van der Waals surface area contributed by atoms with Gasteiger partial charge in [-0.2, -0.15) is 0 Å². The van der Waals surface area contributed by atoms with Gasteiger partial charge in [0.15, 0.2) is 5.84 Å². The molecular weight excluding hydrogens is 292 g/mol. The predicted molar refractivity (Wildman–Crippen MR) is 73.8 cm³/mol. The highest BCUT2D eigenvalue weighted by molar-refractivity contribution is 7.90. The molecule has 0 saturated carbocycles. The van der Waals surface area contributed by atoms with E-state index in [-0.39, 0.29) is 23.2 Å². The summed E-state index contributed by atoms with van der Waals surface area (Å²) < 4.78 is 27.2. The molecule has 0 heterocycles. The number of hydrogen-bond acceptors (Lipinski definition) is 5. The fourth-order valence-electron chi connectivity index (χ4n) is 1.36. The summed E-state index contributed by atoms with van der Waals surface area (Å²) in [6.45, 7) is 0.270. The van der Waals surface area contributed by atoms with Crippen molar-refractivity contribution < 1.29 is 18.4 Å². The Hall–Kier alpha value is -1.47. The molecule has 0 aliphatic carbocycles. The van der Waals surface area contributed by atoms with Crippen LogP contribution in [0.25, 0.3) is 0 Å². The minimum atomic E-state index is -2.97. The summed E-state index contributed by atoms with van der Waals surface area (Å²) in [6, 6.07) is 4.69. The Kier molecular flexibility index (Phi) is 5.44. The third kappa shape index (κ3) is 5.35. The molecule has 6 nitrogen and oxygen atoms in total. The van der Waals surface area contributed by atoms with Crippen LogP contribution in [0.4, 0.5) is 0 Å². The van der Waals surface area contributed by atoms with Crippen molar-refractivity contribution in [3.8, 4) is 5.75 Å². The molecule has 0 bridgehead atoms. The van der Waals surface area contributed by atoms with E-state index in [1.807, 2.05) is 0 Å². The molecule has 0 spiro atoms. The number of oxime groups is 1. The van der Waals surface area contributed by atoms with E-state index in [4.69, 9.17) is 27.3 Å². The van der Waals surface area contributed by atoms with E-state index >= 15 is 0 Å². The van der Waals surface area contributed by atoms with Crippen molar-refractivity contribution in [2.75, 3.05) is 18.6 Å². The lowest BCUT2D eigenvalue weighted by Gasteiger charge is -2.08. The van der Waals surface area contributed by atoms with Crippen LogP contribution in [0.3, 0.4) is 0 Å². The Labute approximate surface area is 116 Å². The van der Waals surface area contributed by atoms with Crippen LogP contribution in [-0.2, 0) is 9.84 Å². The fourth-order valence-corrected chi connectivity index (χ4v) is 2.27. The largest absolute Gasteiger partial charge is 0.494 e. The Morgan fingerprint density at radius 2 is 2.21 bits per heavy atom. The lowest BCUT2D eigenvalue weighted by Crippen LogP contribution is -2.13. The second kappa shape index (κ2) is 6.63. The van der Waals surface area contributed by atoms with Gasteiger partial charge in [-0.25, -0.2) is 8.42 Å². The van der Waals surface area contributed by atoms with Gasteiger partial charge in [0.2, 0.25) is 0 Å².